The molecule has 1 aromatic heterocycles. The lowest BCUT2D eigenvalue weighted by Crippen LogP contribution is -2.03. The number of methoxy groups -OCH3 is 1. The van der Waals surface area contributed by atoms with Crippen LogP contribution < -0.4 is 4.74 Å². The van der Waals surface area contributed by atoms with Crippen LogP contribution in [0, 0.1) is 6.92 Å². The van der Waals surface area contributed by atoms with Crippen molar-refractivity contribution in [3.8, 4) is 5.75 Å². The molecule has 0 aliphatic heterocycles. The van der Waals surface area contributed by atoms with Gasteiger partial charge in [-0.25, -0.2) is 9.97 Å². The second-order valence-corrected chi connectivity index (χ2v) is 3.82. The summed E-state index contributed by atoms with van der Waals surface area (Å²) in [4.78, 5) is 7.79. The summed E-state index contributed by atoms with van der Waals surface area (Å²) in [6.07, 6.45) is 3.86. The summed E-state index contributed by atoms with van der Waals surface area (Å²) < 4.78 is 5.24. The fourth-order valence-corrected chi connectivity index (χ4v) is 1.70. The fourth-order valence-electron chi connectivity index (χ4n) is 1.70. The highest BCUT2D eigenvalue weighted by Crippen LogP contribution is 2.29. The number of rotatable bonds is 3. The molecule has 0 bridgehead atoms. The summed E-state index contributed by atoms with van der Waals surface area (Å²) >= 11 is 0. The van der Waals surface area contributed by atoms with E-state index < -0.39 is 6.10 Å². The van der Waals surface area contributed by atoms with Crippen molar-refractivity contribution in [3.05, 3.63) is 53.6 Å². The number of hydrogen-bond acceptors (Lipinski definition) is 4. The Labute approximate surface area is 99.9 Å². The fraction of sp³-hybridized carbons (Fsp3) is 0.231. The Morgan fingerprint density at radius 3 is 2.59 bits per heavy atom. The number of benzene rings is 1. The minimum absolute atomic E-state index is 0.649. The number of hydrogen-bond donors (Lipinski definition) is 1. The highest BCUT2D eigenvalue weighted by Gasteiger charge is 2.15. The van der Waals surface area contributed by atoms with Gasteiger partial charge in [0.2, 0.25) is 0 Å². The van der Waals surface area contributed by atoms with E-state index in [0.717, 1.165) is 11.1 Å². The molecule has 88 valence electrons. The van der Waals surface area contributed by atoms with E-state index in [4.69, 9.17) is 4.74 Å². The van der Waals surface area contributed by atoms with Gasteiger partial charge in [0.25, 0.3) is 0 Å². The Morgan fingerprint density at radius 2 is 1.94 bits per heavy atom. The molecule has 4 nitrogen and oxygen atoms in total. The largest absolute Gasteiger partial charge is 0.496 e. The van der Waals surface area contributed by atoms with Gasteiger partial charge in [0.05, 0.1) is 7.11 Å². The van der Waals surface area contributed by atoms with Crippen LogP contribution in [0.3, 0.4) is 0 Å². The van der Waals surface area contributed by atoms with Crippen molar-refractivity contribution in [1.29, 1.82) is 0 Å². The second-order valence-electron chi connectivity index (χ2n) is 3.82. The van der Waals surface area contributed by atoms with Gasteiger partial charge >= 0.3 is 0 Å². The molecule has 4 heteroatoms. The first-order valence-electron chi connectivity index (χ1n) is 5.30. The van der Waals surface area contributed by atoms with Crippen LogP contribution in [0.1, 0.15) is 22.8 Å². The Morgan fingerprint density at radius 1 is 1.24 bits per heavy atom. The van der Waals surface area contributed by atoms with E-state index >= 15 is 0 Å². The number of aryl methyl sites for hydroxylation is 1. The summed E-state index contributed by atoms with van der Waals surface area (Å²) in [5.74, 6) is 0.659. The van der Waals surface area contributed by atoms with Crippen LogP contribution in [-0.2, 0) is 0 Å². The molecule has 1 N–H and O–H groups in total. The molecule has 2 rings (SSSR count). The third kappa shape index (κ3) is 2.42. The monoisotopic (exact) mass is 230 g/mol. The maximum absolute atomic E-state index is 10.3. The van der Waals surface area contributed by atoms with Gasteiger partial charge in [-0.15, -0.1) is 0 Å². The molecule has 1 unspecified atom stereocenters. The number of aromatic nitrogens is 2. The van der Waals surface area contributed by atoms with E-state index in [1.165, 1.54) is 6.33 Å². The predicted molar refractivity (Wildman–Crippen MR) is 63.8 cm³/mol. The second kappa shape index (κ2) is 4.93. The summed E-state index contributed by atoms with van der Waals surface area (Å²) in [6, 6.07) is 5.69. The Hall–Kier alpha value is -1.94. The number of aliphatic hydroxyl groups is 1. The van der Waals surface area contributed by atoms with Crippen molar-refractivity contribution in [1.82, 2.24) is 9.97 Å². The molecule has 0 saturated heterocycles. The molecular weight excluding hydrogens is 216 g/mol. The normalized spacial score (nSPS) is 12.2. The van der Waals surface area contributed by atoms with Crippen LogP contribution in [0.4, 0.5) is 0 Å². The van der Waals surface area contributed by atoms with Gasteiger partial charge in [0, 0.05) is 23.5 Å². The number of aliphatic hydroxyl groups excluding tert-OH is 1. The molecule has 0 amide bonds. The van der Waals surface area contributed by atoms with Crippen molar-refractivity contribution in [2.75, 3.05) is 7.11 Å². The minimum Gasteiger partial charge on any atom is -0.496 e. The molecule has 0 spiro atoms. The molecule has 0 fully saturated rings. The van der Waals surface area contributed by atoms with Crippen LogP contribution in [-0.4, -0.2) is 22.2 Å². The topological polar surface area (TPSA) is 55.2 Å². The van der Waals surface area contributed by atoms with E-state index in [9.17, 15) is 5.11 Å². The van der Waals surface area contributed by atoms with Crippen LogP contribution in [0.2, 0.25) is 0 Å². The van der Waals surface area contributed by atoms with Gasteiger partial charge in [-0.05, 0) is 19.1 Å². The number of nitrogens with zero attached hydrogens (tertiary/aromatic N) is 2. The first-order valence-corrected chi connectivity index (χ1v) is 5.30. The Bertz CT molecular complexity index is 500. The summed E-state index contributed by atoms with van der Waals surface area (Å²) in [6.45, 7) is 1.97. The molecule has 2 aromatic rings. The standard InChI is InChI=1S/C13H14N2O2/c1-9-3-4-12(17-2)11(5-9)13(16)10-6-14-8-15-7-10/h3-8,13,16H,1-2H3. The SMILES string of the molecule is COc1ccc(C)cc1C(O)c1cncnc1. The van der Waals surface area contributed by atoms with Gasteiger partial charge in [0.1, 0.15) is 18.2 Å². The first kappa shape index (κ1) is 11.5. The predicted octanol–water partition coefficient (Wildman–Crippen LogP) is 1.88. The van der Waals surface area contributed by atoms with E-state index in [1.54, 1.807) is 19.5 Å². The average molecular weight is 230 g/mol. The zero-order valence-corrected chi connectivity index (χ0v) is 9.79. The van der Waals surface area contributed by atoms with E-state index in [-0.39, 0.29) is 0 Å². The molecule has 0 aliphatic carbocycles. The molecule has 1 heterocycles. The zero-order chi connectivity index (χ0) is 12.3. The highest BCUT2D eigenvalue weighted by atomic mass is 16.5. The van der Waals surface area contributed by atoms with Crippen molar-refractivity contribution >= 4 is 0 Å². The van der Waals surface area contributed by atoms with Crippen LogP contribution in [0.25, 0.3) is 0 Å². The van der Waals surface area contributed by atoms with E-state index in [2.05, 4.69) is 9.97 Å². The van der Waals surface area contributed by atoms with Gasteiger partial charge < -0.3 is 9.84 Å². The average Bonchev–Trinajstić information content (AvgIpc) is 2.39. The molecule has 0 saturated carbocycles. The van der Waals surface area contributed by atoms with Gasteiger partial charge in [-0.2, -0.15) is 0 Å². The highest BCUT2D eigenvalue weighted by molar-refractivity contribution is 5.41. The maximum Gasteiger partial charge on any atom is 0.125 e. The lowest BCUT2D eigenvalue weighted by atomic mass is 10.0. The van der Waals surface area contributed by atoms with Crippen LogP contribution in [0.15, 0.2) is 36.9 Å². The van der Waals surface area contributed by atoms with E-state index in [1.807, 2.05) is 25.1 Å². The number of ether oxygens (including phenoxy) is 1. The Balaban J connectivity index is 2.43. The third-order valence-electron chi connectivity index (χ3n) is 2.58. The minimum atomic E-state index is -0.772. The quantitative estimate of drug-likeness (QED) is 0.874. The van der Waals surface area contributed by atoms with Gasteiger partial charge in [-0.1, -0.05) is 11.6 Å². The first-order chi connectivity index (χ1) is 8.22. The Kier molecular flexibility index (Phi) is 3.35. The van der Waals surface area contributed by atoms with Crippen LogP contribution >= 0.6 is 0 Å². The summed E-state index contributed by atoms with van der Waals surface area (Å²) in [5.41, 5.74) is 2.44. The molecule has 1 aromatic carbocycles. The van der Waals surface area contributed by atoms with Crippen LogP contribution in [0.5, 0.6) is 5.75 Å². The lowest BCUT2D eigenvalue weighted by molar-refractivity contribution is 0.213. The molecule has 0 aliphatic rings. The maximum atomic E-state index is 10.3. The van der Waals surface area contributed by atoms with Crippen molar-refractivity contribution in [2.45, 2.75) is 13.0 Å². The van der Waals surface area contributed by atoms with Gasteiger partial charge in [-0.3, -0.25) is 0 Å². The van der Waals surface area contributed by atoms with Crippen molar-refractivity contribution < 1.29 is 9.84 Å². The molecular formula is C13H14N2O2. The summed E-state index contributed by atoms with van der Waals surface area (Å²) in [7, 11) is 1.59. The van der Waals surface area contributed by atoms with Gasteiger partial charge in [0.15, 0.2) is 0 Å². The van der Waals surface area contributed by atoms with E-state index in [0.29, 0.717) is 11.3 Å². The third-order valence-corrected chi connectivity index (χ3v) is 2.58. The van der Waals surface area contributed by atoms with Crippen molar-refractivity contribution in [3.63, 3.8) is 0 Å². The smallest absolute Gasteiger partial charge is 0.125 e. The lowest BCUT2D eigenvalue weighted by Gasteiger charge is -2.15. The summed E-state index contributed by atoms with van der Waals surface area (Å²) in [5, 5.41) is 10.3. The molecule has 0 radical (unpaired) electrons. The molecule has 1 atom stereocenters. The van der Waals surface area contributed by atoms with Crippen molar-refractivity contribution in [2.24, 2.45) is 0 Å². The zero-order valence-electron chi connectivity index (χ0n) is 9.79. The molecule has 17 heavy (non-hydrogen) atoms.